The predicted octanol–water partition coefficient (Wildman–Crippen LogP) is 4.22. The van der Waals surface area contributed by atoms with Crippen molar-refractivity contribution < 1.29 is 19.4 Å². The number of hydrogen-bond acceptors (Lipinski definition) is 4. The van der Waals surface area contributed by atoms with E-state index in [-0.39, 0.29) is 17.1 Å². The molecule has 0 amide bonds. The molecule has 1 aliphatic rings. The van der Waals surface area contributed by atoms with Crippen LogP contribution < -0.4 is 9.47 Å². The minimum atomic E-state index is -0.365. The summed E-state index contributed by atoms with van der Waals surface area (Å²) < 4.78 is 11.5. The molecule has 1 aromatic rings. The van der Waals surface area contributed by atoms with Crippen LogP contribution in [0.1, 0.15) is 62.5 Å². The van der Waals surface area contributed by atoms with Gasteiger partial charge in [0.15, 0.2) is 5.78 Å². The van der Waals surface area contributed by atoms with E-state index in [1.165, 1.54) is 14.0 Å². The molecular weight excluding hydrogens is 292 g/mol. The molecule has 23 heavy (non-hydrogen) atoms. The average Bonchev–Trinajstić information content (AvgIpc) is 2.43. The third-order valence-corrected chi connectivity index (χ3v) is 4.20. The van der Waals surface area contributed by atoms with Gasteiger partial charge in [-0.05, 0) is 53.9 Å². The molecule has 0 saturated heterocycles. The largest absolute Gasteiger partial charge is 0.507 e. The van der Waals surface area contributed by atoms with Crippen LogP contribution in [0.4, 0.5) is 0 Å². The van der Waals surface area contributed by atoms with Crippen molar-refractivity contribution in [1.29, 1.82) is 0 Å². The number of benzene rings is 1. The summed E-state index contributed by atoms with van der Waals surface area (Å²) in [5.41, 5.74) is 2.58. The van der Waals surface area contributed by atoms with Gasteiger partial charge in [0.1, 0.15) is 28.4 Å². The molecule has 1 aliphatic heterocycles. The van der Waals surface area contributed by atoms with Gasteiger partial charge in [0.2, 0.25) is 0 Å². The second-order valence-electron chi connectivity index (χ2n) is 6.95. The summed E-state index contributed by atoms with van der Waals surface area (Å²) in [7, 11) is 1.52. The number of hydrogen-bond donors (Lipinski definition) is 1. The van der Waals surface area contributed by atoms with Crippen LogP contribution in [0.2, 0.25) is 0 Å². The molecule has 0 spiro atoms. The second-order valence-corrected chi connectivity index (χ2v) is 6.95. The summed E-state index contributed by atoms with van der Waals surface area (Å²) in [6.07, 6.45) is 4.01. The molecule has 0 aliphatic carbocycles. The van der Waals surface area contributed by atoms with Crippen molar-refractivity contribution in [3.63, 3.8) is 0 Å². The van der Waals surface area contributed by atoms with Crippen LogP contribution in [0.5, 0.6) is 17.2 Å². The summed E-state index contributed by atoms with van der Waals surface area (Å²) in [5, 5.41) is 10.7. The molecule has 0 radical (unpaired) electrons. The number of ketones is 1. The minimum Gasteiger partial charge on any atom is -0.507 e. The zero-order valence-electron chi connectivity index (χ0n) is 14.9. The molecular formula is C19H26O4. The Morgan fingerprint density at radius 1 is 1.35 bits per heavy atom. The highest BCUT2D eigenvalue weighted by atomic mass is 16.5. The fourth-order valence-electron chi connectivity index (χ4n) is 2.94. The van der Waals surface area contributed by atoms with E-state index in [1.54, 1.807) is 0 Å². The molecule has 1 heterocycles. The molecule has 4 nitrogen and oxygen atoms in total. The van der Waals surface area contributed by atoms with E-state index in [4.69, 9.17) is 9.47 Å². The Bertz CT molecular complexity index is 665. The molecule has 0 fully saturated rings. The first-order valence-electron chi connectivity index (χ1n) is 7.96. The average molecular weight is 318 g/mol. The molecule has 0 bridgehead atoms. The van der Waals surface area contributed by atoms with Crippen molar-refractivity contribution in [2.45, 2.75) is 59.5 Å². The molecule has 0 unspecified atom stereocenters. The Kier molecular flexibility index (Phi) is 4.73. The van der Waals surface area contributed by atoms with Gasteiger partial charge in [-0.3, -0.25) is 4.79 Å². The van der Waals surface area contributed by atoms with Crippen LogP contribution >= 0.6 is 0 Å². The quantitative estimate of drug-likeness (QED) is 0.667. The Labute approximate surface area is 138 Å². The zero-order chi connectivity index (χ0) is 17.4. The van der Waals surface area contributed by atoms with E-state index < -0.39 is 0 Å². The van der Waals surface area contributed by atoms with Crippen LogP contribution in [0, 0.1) is 0 Å². The standard InChI is InChI=1S/C19H26O4/c1-11(2)7-8-13-16(21)14-9-10-19(4,5)23-18(14)15(12(3)20)17(13)22-6/h7,21H,8-10H2,1-6H3. The molecule has 126 valence electrons. The van der Waals surface area contributed by atoms with Crippen molar-refractivity contribution in [1.82, 2.24) is 0 Å². The molecule has 0 saturated carbocycles. The predicted molar refractivity (Wildman–Crippen MR) is 90.8 cm³/mol. The van der Waals surface area contributed by atoms with Gasteiger partial charge in [0.05, 0.1) is 7.11 Å². The maximum Gasteiger partial charge on any atom is 0.167 e. The number of phenols is 1. The van der Waals surface area contributed by atoms with Crippen molar-refractivity contribution in [2.24, 2.45) is 0 Å². The van der Waals surface area contributed by atoms with Gasteiger partial charge in [-0.1, -0.05) is 11.6 Å². The maximum atomic E-state index is 12.3. The molecule has 1 aromatic carbocycles. The van der Waals surface area contributed by atoms with E-state index >= 15 is 0 Å². The molecule has 0 aromatic heterocycles. The first-order valence-corrected chi connectivity index (χ1v) is 7.96. The van der Waals surface area contributed by atoms with E-state index in [1.807, 2.05) is 33.8 Å². The molecule has 4 heteroatoms. The summed E-state index contributed by atoms with van der Waals surface area (Å²) in [6, 6.07) is 0. The monoisotopic (exact) mass is 318 g/mol. The Morgan fingerprint density at radius 2 is 2.00 bits per heavy atom. The Morgan fingerprint density at radius 3 is 2.52 bits per heavy atom. The number of aromatic hydroxyl groups is 1. The van der Waals surface area contributed by atoms with E-state index in [9.17, 15) is 9.90 Å². The SMILES string of the molecule is COc1c(CC=C(C)C)c(O)c2c(c1C(C)=O)OC(C)(C)CC2. The molecule has 0 atom stereocenters. The third kappa shape index (κ3) is 3.36. The van der Waals surface area contributed by atoms with E-state index in [2.05, 4.69) is 0 Å². The zero-order valence-corrected chi connectivity index (χ0v) is 14.9. The molecule has 1 N–H and O–H groups in total. The van der Waals surface area contributed by atoms with E-state index in [0.29, 0.717) is 41.0 Å². The summed E-state index contributed by atoms with van der Waals surface area (Å²) in [4.78, 5) is 12.3. The van der Waals surface area contributed by atoms with Gasteiger partial charge < -0.3 is 14.6 Å². The normalized spacial score (nSPS) is 15.4. The van der Waals surface area contributed by atoms with Gasteiger partial charge in [0.25, 0.3) is 0 Å². The van der Waals surface area contributed by atoms with Crippen LogP contribution in [0.15, 0.2) is 11.6 Å². The van der Waals surface area contributed by atoms with Gasteiger partial charge in [-0.25, -0.2) is 0 Å². The molecule has 2 rings (SSSR count). The number of Topliss-reactive ketones (excluding diaryl/α,β-unsaturated/α-hetero) is 1. The summed E-state index contributed by atoms with van der Waals surface area (Å²) >= 11 is 0. The van der Waals surface area contributed by atoms with Crippen LogP contribution in [-0.2, 0) is 12.8 Å². The number of fused-ring (bicyclic) bond motifs is 1. The lowest BCUT2D eigenvalue weighted by Gasteiger charge is -2.35. The first-order chi connectivity index (χ1) is 10.7. The Hall–Kier alpha value is -1.97. The fourth-order valence-corrected chi connectivity index (χ4v) is 2.94. The van der Waals surface area contributed by atoms with Gasteiger partial charge >= 0.3 is 0 Å². The van der Waals surface area contributed by atoms with Crippen molar-refractivity contribution in [3.8, 4) is 17.2 Å². The van der Waals surface area contributed by atoms with Crippen molar-refractivity contribution >= 4 is 5.78 Å². The topological polar surface area (TPSA) is 55.8 Å². The van der Waals surface area contributed by atoms with Crippen molar-refractivity contribution in [2.75, 3.05) is 7.11 Å². The first kappa shape index (κ1) is 17.4. The van der Waals surface area contributed by atoms with Gasteiger partial charge in [-0.2, -0.15) is 0 Å². The number of methoxy groups -OCH3 is 1. The lowest BCUT2D eigenvalue weighted by molar-refractivity contribution is 0.0794. The van der Waals surface area contributed by atoms with Gasteiger partial charge in [-0.15, -0.1) is 0 Å². The number of carbonyl (C=O) groups is 1. The lowest BCUT2D eigenvalue weighted by atomic mass is 9.88. The lowest BCUT2D eigenvalue weighted by Crippen LogP contribution is -2.33. The highest BCUT2D eigenvalue weighted by molar-refractivity contribution is 6.01. The third-order valence-electron chi connectivity index (χ3n) is 4.20. The fraction of sp³-hybridized carbons (Fsp3) is 0.526. The van der Waals surface area contributed by atoms with Crippen LogP contribution in [0.25, 0.3) is 0 Å². The maximum absolute atomic E-state index is 12.3. The van der Waals surface area contributed by atoms with Crippen molar-refractivity contribution in [3.05, 3.63) is 28.3 Å². The van der Waals surface area contributed by atoms with Crippen LogP contribution in [-0.4, -0.2) is 23.6 Å². The highest BCUT2D eigenvalue weighted by Gasteiger charge is 2.35. The Balaban J connectivity index is 2.74. The second kappa shape index (κ2) is 6.26. The number of ether oxygens (including phenoxy) is 2. The number of rotatable bonds is 4. The minimum absolute atomic E-state index is 0.116. The summed E-state index contributed by atoms with van der Waals surface area (Å²) in [5.74, 6) is 0.970. The number of carbonyl (C=O) groups excluding carboxylic acids is 1. The van der Waals surface area contributed by atoms with Crippen LogP contribution in [0.3, 0.4) is 0 Å². The number of allylic oxidation sites excluding steroid dienone is 2. The smallest absolute Gasteiger partial charge is 0.167 e. The number of phenolic OH excluding ortho intramolecular Hbond substituents is 1. The summed E-state index contributed by atoms with van der Waals surface area (Å²) in [6.45, 7) is 9.48. The van der Waals surface area contributed by atoms with Gasteiger partial charge in [0, 0.05) is 11.1 Å². The van der Waals surface area contributed by atoms with E-state index in [0.717, 1.165) is 12.0 Å². The highest BCUT2D eigenvalue weighted by Crippen LogP contribution is 2.48.